The second kappa shape index (κ2) is 3.95. The van der Waals surface area contributed by atoms with Crippen molar-refractivity contribution in [1.82, 2.24) is 15.2 Å². The van der Waals surface area contributed by atoms with Gasteiger partial charge in [0, 0.05) is 0 Å². The molecule has 0 saturated carbocycles. The molecule has 0 aliphatic rings. The SMILES string of the molecule is Cc1cnn[c-]n1.[Na+]. The maximum atomic E-state index is 3.68. The van der Waals surface area contributed by atoms with Crippen molar-refractivity contribution in [2.24, 2.45) is 0 Å². The summed E-state index contributed by atoms with van der Waals surface area (Å²) in [5, 5.41) is 6.88. The molecule has 0 aromatic carbocycles. The summed E-state index contributed by atoms with van der Waals surface area (Å²) in [6.07, 6.45) is 3.93. The molecule has 0 unspecified atom stereocenters. The maximum absolute atomic E-state index is 3.68. The van der Waals surface area contributed by atoms with Gasteiger partial charge in [-0.1, -0.05) is 12.6 Å². The van der Waals surface area contributed by atoms with Gasteiger partial charge in [-0.05, 0) is 12.5 Å². The van der Waals surface area contributed by atoms with E-state index in [1.807, 2.05) is 6.92 Å². The minimum atomic E-state index is 0. The fourth-order valence-corrected chi connectivity index (χ4v) is 0.268. The van der Waals surface area contributed by atoms with Crippen LogP contribution >= 0.6 is 0 Å². The molecule has 0 bridgehead atoms. The average molecular weight is 117 g/mol. The molecule has 1 rings (SSSR count). The van der Waals surface area contributed by atoms with Gasteiger partial charge in [0.15, 0.2) is 0 Å². The van der Waals surface area contributed by atoms with Gasteiger partial charge in [-0.15, -0.1) is 0 Å². The Bertz CT molecular complexity index is 141. The summed E-state index contributed by atoms with van der Waals surface area (Å²) in [4.78, 5) is 3.68. The fraction of sp³-hybridized carbons (Fsp3) is 0.250. The molecule has 0 saturated heterocycles. The Balaban J connectivity index is 0.000000490. The summed E-state index contributed by atoms with van der Waals surface area (Å²) in [6.45, 7) is 1.84. The minimum Gasteiger partial charge on any atom is -0.433 e. The first kappa shape index (κ1) is 8.01. The van der Waals surface area contributed by atoms with E-state index in [4.69, 9.17) is 0 Å². The molecule has 1 heterocycles. The van der Waals surface area contributed by atoms with Crippen molar-refractivity contribution in [2.75, 3.05) is 0 Å². The molecule has 0 aliphatic heterocycles. The predicted octanol–water partition coefficient (Wildman–Crippen LogP) is -3.02. The van der Waals surface area contributed by atoms with Crippen molar-refractivity contribution in [3.8, 4) is 0 Å². The largest absolute Gasteiger partial charge is 1.00 e. The fourth-order valence-electron chi connectivity index (χ4n) is 0.268. The third-order valence-electron chi connectivity index (χ3n) is 0.573. The summed E-state index contributed by atoms with van der Waals surface area (Å²) in [7, 11) is 0. The Hall–Kier alpha value is 0.0100. The summed E-state index contributed by atoms with van der Waals surface area (Å²) in [6, 6.07) is 0. The van der Waals surface area contributed by atoms with Crippen LogP contribution in [0, 0.1) is 13.3 Å². The topological polar surface area (TPSA) is 38.7 Å². The van der Waals surface area contributed by atoms with Crippen molar-refractivity contribution in [2.45, 2.75) is 6.92 Å². The molecule has 0 fully saturated rings. The van der Waals surface area contributed by atoms with Crippen LogP contribution < -0.4 is 29.6 Å². The van der Waals surface area contributed by atoms with Crippen LogP contribution in [0.3, 0.4) is 0 Å². The number of hydrogen-bond donors (Lipinski definition) is 0. The zero-order valence-corrected chi connectivity index (χ0v) is 6.92. The molecular weight excluding hydrogens is 113 g/mol. The summed E-state index contributed by atoms with van der Waals surface area (Å²) < 4.78 is 0. The van der Waals surface area contributed by atoms with E-state index >= 15 is 0 Å². The average Bonchev–Trinajstić information content (AvgIpc) is 1.69. The Labute approximate surface area is 69.8 Å². The van der Waals surface area contributed by atoms with E-state index in [0.29, 0.717) is 0 Å². The molecule has 36 valence electrons. The van der Waals surface area contributed by atoms with Crippen molar-refractivity contribution >= 4 is 0 Å². The standard InChI is InChI=1S/C4H4N3.Na/c1-4-2-6-7-3-5-4;/h2H,1H3;/q-1;+1. The molecule has 0 N–H and O–H groups in total. The zero-order chi connectivity index (χ0) is 5.11. The second-order valence-electron chi connectivity index (χ2n) is 1.20. The van der Waals surface area contributed by atoms with Crippen molar-refractivity contribution in [3.63, 3.8) is 0 Å². The molecule has 1 aromatic heterocycles. The molecular formula is C4H4N3Na. The summed E-state index contributed by atoms with van der Waals surface area (Å²) in [5.74, 6) is 0. The Morgan fingerprint density at radius 2 is 2.38 bits per heavy atom. The predicted molar refractivity (Wildman–Crippen MR) is 23.4 cm³/mol. The van der Waals surface area contributed by atoms with Gasteiger partial charge in [0.2, 0.25) is 0 Å². The van der Waals surface area contributed by atoms with E-state index in [9.17, 15) is 0 Å². The van der Waals surface area contributed by atoms with E-state index < -0.39 is 0 Å². The second-order valence-corrected chi connectivity index (χ2v) is 1.20. The van der Waals surface area contributed by atoms with Gasteiger partial charge in [-0.3, -0.25) is 0 Å². The van der Waals surface area contributed by atoms with Gasteiger partial charge in [-0.2, -0.15) is 5.10 Å². The molecule has 0 radical (unpaired) electrons. The number of hydrogen-bond acceptors (Lipinski definition) is 3. The maximum Gasteiger partial charge on any atom is 1.00 e. The van der Waals surface area contributed by atoms with E-state index in [1.54, 1.807) is 6.20 Å². The van der Waals surface area contributed by atoms with Crippen LogP contribution in [0.5, 0.6) is 0 Å². The van der Waals surface area contributed by atoms with Gasteiger partial charge in [-0.25, -0.2) is 5.10 Å². The summed E-state index contributed by atoms with van der Waals surface area (Å²) >= 11 is 0. The van der Waals surface area contributed by atoms with Gasteiger partial charge < -0.3 is 4.98 Å². The minimum absolute atomic E-state index is 0. The molecule has 1 aromatic rings. The zero-order valence-electron chi connectivity index (χ0n) is 4.92. The first-order chi connectivity index (χ1) is 3.39. The Morgan fingerprint density at radius 3 is 2.62 bits per heavy atom. The van der Waals surface area contributed by atoms with Crippen molar-refractivity contribution in [1.29, 1.82) is 0 Å². The quantitative estimate of drug-likeness (QED) is 0.268. The molecule has 0 amide bonds. The third-order valence-corrected chi connectivity index (χ3v) is 0.573. The van der Waals surface area contributed by atoms with E-state index in [0.717, 1.165) is 5.69 Å². The van der Waals surface area contributed by atoms with Crippen LogP contribution in [0.2, 0.25) is 0 Å². The molecule has 8 heavy (non-hydrogen) atoms. The Kier molecular flexibility index (Phi) is 3.95. The van der Waals surface area contributed by atoms with Crippen LogP contribution in [0.25, 0.3) is 0 Å². The van der Waals surface area contributed by atoms with Gasteiger partial charge in [0.05, 0.1) is 0 Å². The first-order valence-electron chi connectivity index (χ1n) is 1.92. The van der Waals surface area contributed by atoms with E-state index in [1.165, 1.54) is 0 Å². The van der Waals surface area contributed by atoms with Crippen molar-refractivity contribution in [3.05, 3.63) is 18.2 Å². The van der Waals surface area contributed by atoms with Gasteiger partial charge in [0.1, 0.15) is 0 Å². The van der Waals surface area contributed by atoms with Crippen LogP contribution in [0.4, 0.5) is 0 Å². The smallest absolute Gasteiger partial charge is 0.433 e. The third kappa shape index (κ3) is 2.35. The van der Waals surface area contributed by atoms with Crippen LogP contribution in [0.1, 0.15) is 5.69 Å². The van der Waals surface area contributed by atoms with Gasteiger partial charge >= 0.3 is 29.6 Å². The van der Waals surface area contributed by atoms with Crippen LogP contribution in [0.15, 0.2) is 6.20 Å². The molecule has 3 nitrogen and oxygen atoms in total. The first-order valence-corrected chi connectivity index (χ1v) is 1.92. The normalized spacial score (nSPS) is 7.62. The summed E-state index contributed by atoms with van der Waals surface area (Å²) in [5.41, 5.74) is 0.843. The van der Waals surface area contributed by atoms with E-state index in [-0.39, 0.29) is 29.6 Å². The molecule has 4 heteroatoms. The molecule has 0 atom stereocenters. The number of aryl methyl sites for hydroxylation is 1. The number of rotatable bonds is 0. The van der Waals surface area contributed by atoms with Crippen LogP contribution in [-0.2, 0) is 0 Å². The molecule has 0 spiro atoms. The monoisotopic (exact) mass is 117 g/mol. The number of nitrogens with zero attached hydrogens (tertiary/aromatic N) is 3. The molecule has 0 aliphatic carbocycles. The van der Waals surface area contributed by atoms with Crippen LogP contribution in [-0.4, -0.2) is 15.2 Å². The Morgan fingerprint density at radius 1 is 1.62 bits per heavy atom. The van der Waals surface area contributed by atoms with E-state index in [2.05, 4.69) is 21.5 Å². The number of aromatic nitrogens is 3. The van der Waals surface area contributed by atoms with Crippen molar-refractivity contribution < 1.29 is 29.6 Å². The van der Waals surface area contributed by atoms with Gasteiger partial charge in [0.25, 0.3) is 0 Å².